The van der Waals surface area contributed by atoms with E-state index in [1.165, 1.54) is 6.42 Å². The second-order valence-electron chi connectivity index (χ2n) is 10.5. The van der Waals surface area contributed by atoms with Crippen molar-refractivity contribution in [3.8, 4) is 0 Å². The number of anilines is 2. The minimum Gasteiger partial charge on any atom is -0.356 e. The Kier molecular flexibility index (Phi) is 7.20. The van der Waals surface area contributed by atoms with Crippen LogP contribution in [0.1, 0.15) is 58.4 Å². The minimum atomic E-state index is -0.119. The molecule has 3 heterocycles. The van der Waals surface area contributed by atoms with Gasteiger partial charge >= 0.3 is 0 Å². The molecule has 6 heteroatoms. The number of pyridine rings is 1. The monoisotopic (exact) mass is 450 g/mol. The predicted molar refractivity (Wildman–Crippen MR) is 134 cm³/mol. The Balaban J connectivity index is 1.38. The molecule has 2 amide bonds. The lowest BCUT2D eigenvalue weighted by atomic mass is 9.92. The first-order valence-electron chi connectivity index (χ1n) is 12.5. The van der Waals surface area contributed by atoms with Crippen LogP contribution in [0.2, 0.25) is 0 Å². The van der Waals surface area contributed by atoms with Gasteiger partial charge in [-0.3, -0.25) is 9.59 Å². The van der Waals surface area contributed by atoms with Gasteiger partial charge in [0.2, 0.25) is 11.8 Å². The summed E-state index contributed by atoms with van der Waals surface area (Å²) in [4.78, 5) is 34.1. The number of nitrogens with zero attached hydrogens (tertiary/aromatic N) is 3. The average molecular weight is 451 g/mol. The molecule has 4 rings (SSSR count). The zero-order valence-electron chi connectivity index (χ0n) is 20.6. The van der Waals surface area contributed by atoms with E-state index in [9.17, 15) is 9.59 Å². The van der Waals surface area contributed by atoms with Crippen molar-refractivity contribution in [2.45, 2.75) is 59.8 Å². The van der Waals surface area contributed by atoms with Crippen LogP contribution in [0.4, 0.5) is 11.5 Å². The summed E-state index contributed by atoms with van der Waals surface area (Å²) in [6.45, 7) is 12.7. The third kappa shape index (κ3) is 5.84. The van der Waals surface area contributed by atoms with E-state index in [1.807, 2.05) is 23.1 Å². The highest BCUT2D eigenvalue weighted by Gasteiger charge is 2.23. The van der Waals surface area contributed by atoms with Gasteiger partial charge in [0.25, 0.3) is 0 Å². The molecule has 2 saturated heterocycles. The highest BCUT2D eigenvalue weighted by atomic mass is 16.2. The van der Waals surface area contributed by atoms with Gasteiger partial charge in [-0.2, -0.15) is 0 Å². The van der Waals surface area contributed by atoms with Crippen LogP contribution >= 0.6 is 0 Å². The van der Waals surface area contributed by atoms with E-state index >= 15 is 0 Å². The van der Waals surface area contributed by atoms with E-state index < -0.39 is 0 Å². The predicted octanol–water partition coefficient (Wildman–Crippen LogP) is 5.00. The van der Waals surface area contributed by atoms with Gasteiger partial charge in [-0.05, 0) is 73.8 Å². The topological polar surface area (TPSA) is 65.5 Å². The Morgan fingerprint density at radius 3 is 2.39 bits per heavy atom. The molecule has 2 aliphatic rings. The fourth-order valence-corrected chi connectivity index (χ4v) is 5.33. The van der Waals surface area contributed by atoms with Gasteiger partial charge in [0, 0.05) is 50.1 Å². The summed E-state index contributed by atoms with van der Waals surface area (Å²) in [6, 6.07) is 8.05. The molecule has 2 fully saturated rings. The highest BCUT2D eigenvalue weighted by Crippen LogP contribution is 2.29. The Hall–Kier alpha value is -2.63. The first-order chi connectivity index (χ1) is 15.8. The number of likely N-dealkylation sites (tertiary alicyclic amines) is 1. The molecule has 6 nitrogen and oxygen atoms in total. The lowest BCUT2D eigenvalue weighted by Crippen LogP contribution is -2.39. The van der Waals surface area contributed by atoms with E-state index in [0.717, 1.165) is 67.0 Å². The Bertz CT molecular complexity index is 1000. The second kappa shape index (κ2) is 10.1. The average Bonchev–Trinajstić information content (AvgIpc) is 2.77. The molecule has 0 bridgehead atoms. The largest absolute Gasteiger partial charge is 0.356 e. The number of amides is 2. The van der Waals surface area contributed by atoms with Crippen LogP contribution in [-0.2, 0) is 9.59 Å². The van der Waals surface area contributed by atoms with Crippen LogP contribution in [0.3, 0.4) is 0 Å². The van der Waals surface area contributed by atoms with Crippen molar-refractivity contribution in [2.24, 2.45) is 17.8 Å². The molecule has 1 N–H and O–H groups in total. The van der Waals surface area contributed by atoms with E-state index in [-0.39, 0.29) is 24.7 Å². The quantitative estimate of drug-likeness (QED) is 0.696. The van der Waals surface area contributed by atoms with E-state index in [0.29, 0.717) is 17.8 Å². The highest BCUT2D eigenvalue weighted by molar-refractivity contribution is 5.96. The molecular weight excluding hydrogens is 412 g/mol. The Morgan fingerprint density at radius 2 is 1.70 bits per heavy atom. The second-order valence-corrected chi connectivity index (χ2v) is 10.5. The molecule has 1 aromatic heterocycles. The first-order valence-corrected chi connectivity index (χ1v) is 12.5. The molecule has 0 radical (unpaired) electrons. The van der Waals surface area contributed by atoms with E-state index in [4.69, 9.17) is 4.98 Å². The number of carbonyl (C=O) groups excluding carboxylic acids is 2. The van der Waals surface area contributed by atoms with Crippen molar-refractivity contribution in [1.82, 2.24) is 9.88 Å². The summed E-state index contributed by atoms with van der Waals surface area (Å²) in [5, 5.41) is 4.02. The van der Waals surface area contributed by atoms with Crippen molar-refractivity contribution >= 4 is 34.2 Å². The van der Waals surface area contributed by atoms with Crippen LogP contribution in [-0.4, -0.2) is 47.9 Å². The first kappa shape index (κ1) is 23.5. The van der Waals surface area contributed by atoms with Gasteiger partial charge < -0.3 is 15.1 Å². The van der Waals surface area contributed by atoms with Gasteiger partial charge in [0.15, 0.2) is 0 Å². The third-order valence-corrected chi connectivity index (χ3v) is 7.18. The van der Waals surface area contributed by atoms with Crippen molar-refractivity contribution in [3.63, 3.8) is 0 Å². The maximum atomic E-state index is 12.5. The van der Waals surface area contributed by atoms with Crippen LogP contribution in [0.25, 0.3) is 10.9 Å². The number of aromatic nitrogens is 1. The van der Waals surface area contributed by atoms with Gasteiger partial charge in [0.05, 0.1) is 5.52 Å². The lowest BCUT2D eigenvalue weighted by Gasteiger charge is -2.36. The van der Waals surface area contributed by atoms with E-state index in [1.54, 1.807) is 0 Å². The number of rotatable bonds is 5. The zero-order valence-corrected chi connectivity index (χ0v) is 20.6. The fraction of sp³-hybridized carbons (Fsp3) is 0.593. The molecule has 0 aliphatic carbocycles. The molecule has 2 atom stereocenters. The number of nitrogens with one attached hydrogen (secondary N) is 1. The summed E-state index contributed by atoms with van der Waals surface area (Å²) in [6.07, 6.45) is 3.86. The standard InChI is InChI=1S/C27H38N4O2/c1-18-9-11-30(12-10-18)27(33)8-7-26(32)28-22-5-6-24-23(15-22)21(4)14-25(29-24)31-16-19(2)13-20(3)17-31/h5-6,14-15,18-20H,7-13,16-17H2,1-4H3,(H,28,32)/t19-,20-/m1/s1. The molecule has 0 spiro atoms. The summed E-state index contributed by atoms with van der Waals surface area (Å²) in [5.74, 6) is 3.05. The molecule has 178 valence electrons. The Morgan fingerprint density at radius 1 is 1.00 bits per heavy atom. The molecule has 1 aromatic carbocycles. The van der Waals surface area contributed by atoms with Crippen molar-refractivity contribution in [1.29, 1.82) is 0 Å². The number of benzene rings is 1. The van der Waals surface area contributed by atoms with E-state index in [2.05, 4.69) is 44.0 Å². The SMILES string of the molecule is Cc1cc(N2C[C@H](C)C[C@@H](C)C2)nc2ccc(NC(=O)CCC(=O)N3CCC(C)CC3)cc12. The normalized spacial score (nSPS) is 21.9. The van der Waals surface area contributed by atoms with Gasteiger partial charge in [-0.15, -0.1) is 0 Å². The smallest absolute Gasteiger partial charge is 0.224 e. The molecule has 0 saturated carbocycles. The summed E-state index contributed by atoms with van der Waals surface area (Å²) in [7, 11) is 0. The molecule has 33 heavy (non-hydrogen) atoms. The molecular formula is C27H38N4O2. The molecule has 2 aromatic rings. The number of piperidine rings is 2. The van der Waals surface area contributed by atoms with Gasteiger partial charge in [-0.25, -0.2) is 4.98 Å². The van der Waals surface area contributed by atoms with Crippen LogP contribution in [0.15, 0.2) is 24.3 Å². The summed E-state index contributed by atoms with van der Waals surface area (Å²) < 4.78 is 0. The number of fused-ring (bicyclic) bond motifs is 1. The maximum absolute atomic E-state index is 12.5. The molecule has 0 unspecified atom stereocenters. The number of carbonyl (C=O) groups is 2. The number of hydrogen-bond donors (Lipinski definition) is 1. The third-order valence-electron chi connectivity index (χ3n) is 7.18. The van der Waals surface area contributed by atoms with Crippen LogP contribution in [0, 0.1) is 24.7 Å². The fourth-order valence-electron chi connectivity index (χ4n) is 5.33. The van der Waals surface area contributed by atoms with Crippen molar-refractivity contribution in [3.05, 3.63) is 29.8 Å². The number of hydrogen-bond acceptors (Lipinski definition) is 4. The summed E-state index contributed by atoms with van der Waals surface area (Å²) >= 11 is 0. The number of aryl methyl sites for hydroxylation is 1. The van der Waals surface area contributed by atoms with Crippen LogP contribution < -0.4 is 10.2 Å². The van der Waals surface area contributed by atoms with Crippen LogP contribution in [0.5, 0.6) is 0 Å². The Labute approximate surface area is 197 Å². The van der Waals surface area contributed by atoms with Crippen molar-refractivity contribution in [2.75, 3.05) is 36.4 Å². The van der Waals surface area contributed by atoms with Gasteiger partial charge in [-0.1, -0.05) is 20.8 Å². The van der Waals surface area contributed by atoms with Crippen molar-refractivity contribution < 1.29 is 9.59 Å². The minimum absolute atomic E-state index is 0.0875. The maximum Gasteiger partial charge on any atom is 0.224 e. The summed E-state index contributed by atoms with van der Waals surface area (Å²) in [5.41, 5.74) is 2.86. The molecule has 2 aliphatic heterocycles. The van der Waals surface area contributed by atoms with Gasteiger partial charge in [0.1, 0.15) is 5.82 Å². The zero-order chi connectivity index (χ0) is 23.5. The lowest BCUT2D eigenvalue weighted by molar-refractivity contribution is -0.134.